The molecule has 1 aliphatic heterocycles. The average molecular weight is 377 g/mol. The van der Waals surface area contributed by atoms with E-state index < -0.39 is 0 Å². The van der Waals surface area contributed by atoms with E-state index in [9.17, 15) is 9.18 Å². The molecule has 1 heterocycles. The highest BCUT2D eigenvalue weighted by molar-refractivity contribution is 8.00. The molecular formula is C19H21FN2OS2. The summed E-state index contributed by atoms with van der Waals surface area (Å²) in [4.78, 5) is 15.2. The van der Waals surface area contributed by atoms with E-state index in [1.54, 1.807) is 12.1 Å². The van der Waals surface area contributed by atoms with Crippen LogP contribution in [0, 0.1) is 5.82 Å². The second kappa shape index (κ2) is 9.15. The molecule has 0 atom stereocenters. The molecule has 132 valence electrons. The highest BCUT2D eigenvalue weighted by Crippen LogP contribution is 2.20. The average Bonchev–Trinajstić information content (AvgIpc) is 2.67. The Bertz CT molecular complexity index is 686. The summed E-state index contributed by atoms with van der Waals surface area (Å²) >= 11 is 3.41. The first-order chi connectivity index (χ1) is 12.2. The lowest BCUT2D eigenvalue weighted by molar-refractivity contribution is -0.118. The third-order valence-electron chi connectivity index (χ3n) is 3.99. The maximum Gasteiger partial charge on any atom is 0.230 e. The van der Waals surface area contributed by atoms with Crippen LogP contribution in [0.25, 0.3) is 0 Å². The molecule has 25 heavy (non-hydrogen) atoms. The van der Waals surface area contributed by atoms with Crippen LogP contribution in [-0.4, -0.2) is 36.3 Å². The Labute approximate surface area is 156 Å². The van der Waals surface area contributed by atoms with Gasteiger partial charge in [0.1, 0.15) is 5.82 Å². The topological polar surface area (TPSA) is 32.3 Å². The summed E-state index contributed by atoms with van der Waals surface area (Å²) in [5.74, 6) is 2.41. The van der Waals surface area contributed by atoms with E-state index in [0.29, 0.717) is 12.3 Å². The number of benzene rings is 2. The highest BCUT2D eigenvalue weighted by atomic mass is 32.2. The van der Waals surface area contributed by atoms with E-state index in [0.717, 1.165) is 23.5 Å². The number of hydrogen-bond acceptors (Lipinski definition) is 4. The standard InChI is InChI=1S/C19H21FN2OS2/c20-16-3-7-18(8-4-16)25-14-19(23)21-13-15-1-5-17(6-2-15)22-9-11-24-12-10-22/h1-8H,9-14H2,(H,21,23). The van der Waals surface area contributed by atoms with Gasteiger partial charge in [0, 0.05) is 41.7 Å². The normalized spacial score (nSPS) is 14.4. The summed E-state index contributed by atoms with van der Waals surface area (Å²) < 4.78 is 12.8. The van der Waals surface area contributed by atoms with Gasteiger partial charge in [0.25, 0.3) is 0 Å². The van der Waals surface area contributed by atoms with Crippen molar-refractivity contribution in [1.29, 1.82) is 0 Å². The van der Waals surface area contributed by atoms with Crippen molar-refractivity contribution in [3.8, 4) is 0 Å². The third kappa shape index (κ3) is 5.68. The Hall–Kier alpha value is -1.66. The summed E-state index contributed by atoms with van der Waals surface area (Å²) in [6.07, 6.45) is 0. The van der Waals surface area contributed by atoms with Gasteiger partial charge in [-0.05, 0) is 42.0 Å². The van der Waals surface area contributed by atoms with Gasteiger partial charge in [-0.25, -0.2) is 4.39 Å². The maximum atomic E-state index is 12.8. The molecule has 1 N–H and O–H groups in total. The van der Waals surface area contributed by atoms with Crippen LogP contribution in [0.3, 0.4) is 0 Å². The van der Waals surface area contributed by atoms with Gasteiger partial charge in [0.15, 0.2) is 0 Å². The van der Waals surface area contributed by atoms with Crippen molar-refractivity contribution >= 4 is 35.1 Å². The predicted octanol–water partition coefficient (Wildman–Crippen LogP) is 3.79. The Morgan fingerprint density at radius 1 is 1.08 bits per heavy atom. The molecule has 1 fully saturated rings. The lowest BCUT2D eigenvalue weighted by Crippen LogP contribution is -2.32. The van der Waals surface area contributed by atoms with E-state index >= 15 is 0 Å². The minimum atomic E-state index is -0.263. The third-order valence-corrected chi connectivity index (χ3v) is 5.94. The van der Waals surface area contributed by atoms with E-state index in [1.165, 1.54) is 41.1 Å². The summed E-state index contributed by atoms with van der Waals surface area (Å²) in [5, 5.41) is 2.93. The number of carbonyl (C=O) groups is 1. The molecule has 1 amide bonds. The molecule has 0 aromatic heterocycles. The van der Waals surface area contributed by atoms with Gasteiger partial charge in [-0.15, -0.1) is 11.8 Å². The van der Waals surface area contributed by atoms with E-state index in [1.807, 2.05) is 11.8 Å². The molecule has 2 aromatic rings. The molecule has 0 unspecified atom stereocenters. The minimum absolute atomic E-state index is 0.0218. The fourth-order valence-corrected chi connectivity index (χ4v) is 4.21. The smallest absolute Gasteiger partial charge is 0.230 e. The Kier molecular flexibility index (Phi) is 6.64. The number of carbonyl (C=O) groups excluding carboxylic acids is 1. The summed E-state index contributed by atoms with van der Waals surface area (Å²) in [5.41, 5.74) is 2.34. The van der Waals surface area contributed by atoms with Gasteiger partial charge in [-0.1, -0.05) is 12.1 Å². The number of rotatable bonds is 6. The fraction of sp³-hybridized carbons (Fsp3) is 0.316. The second-order valence-corrected chi connectivity index (χ2v) is 8.06. The lowest BCUT2D eigenvalue weighted by atomic mass is 10.2. The minimum Gasteiger partial charge on any atom is -0.370 e. The summed E-state index contributed by atoms with van der Waals surface area (Å²) in [7, 11) is 0. The second-order valence-electron chi connectivity index (χ2n) is 5.79. The van der Waals surface area contributed by atoms with Crippen molar-refractivity contribution < 1.29 is 9.18 Å². The van der Waals surface area contributed by atoms with Crippen LogP contribution >= 0.6 is 23.5 Å². The molecule has 3 rings (SSSR count). The Morgan fingerprint density at radius 2 is 1.76 bits per heavy atom. The Morgan fingerprint density at radius 3 is 2.44 bits per heavy atom. The van der Waals surface area contributed by atoms with Crippen molar-refractivity contribution in [3.05, 3.63) is 59.9 Å². The van der Waals surface area contributed by atoms with E-state index in [4.69, 9.17) is 0 Å². The number of hydrogen-bond donors (Lipinski definition) is 1. The van der Waals surface area contributed by atoms with Crippen LogP contribution in [0.5, 0.6) is 0 Å². The van der Waals surface area contributed by atoms with Gasteiger partial charge < -0.3 is 10.2 Å². The fourth-order valence-electron chi connectivity index (χ4n) is 2.58. The molecule has 0 radical (unpaired) electrons. The van der Waals surface area contributed by atoms with Crippen LogP contribution in [-0.2, 0) is 11.3 Å². The zero-order chi connectivity index (χ0) is 17.5. The number of nitrogens with zero attached hydrogens (tertiary/aromatic N) is 1. The zero-order valence-electron chi connectivity index (χ0n) is 13.9. The first kappa shape index (κ1) is 18.1. The summed E-state index contributed by atoms with van der Waals surface area (Å²) in [6.45, 7) is 2.72. The van der Waals surface area contributed by atoms with Gasteiger partial charge in [0.05, 0.1) is 5.75 Å². The van der Waals surface area contributed by atoms with Crippen LogP contribution < -0.4 is 10.2 Å². The Balaban J connectivity index is 1.43. The number of amides is 1. The quantitative estimate of drug-likeness (QED) is 0.778. The van der Waals surface area contributed by atoms with Crippen molar-refractivity contribution in [2.75, 3.05) is 35.2 Å². The van der Waals surface area contributed by atoms with Crippen molar-refractivity contribution in [3.63, 3.8) is 0 Å². The molecule has 0 bridgehead atoms. The SMILES string of the molecule is O=C(CSc1ccc(F)cc1)NCc1ccc(N2CCSCC2)cc1. The molecule has 1 saturated heterocycles. The molecule has 0 aliphatic carbocycles. The lowest BCUT2D eigenvalue weighted by Gasteiger charge is -2.28. The van der Waals surface area contributed by atoms with Gasteiger partial charge in [0.2, 0.25) is 5.91 Å². The van der Waals surface area contributed by atoms with Crippen LogP contribution in [0.4, 0.5) is 10.1 Å². The van der Waals surface area contributed by atoms with E-state index in [2.05, 4.69) is 34.5 Å². The molecular weight excluding hydrogens is 355 g/mol. The molecule has 0 saturated carbocycles. The predicted molar refractivity (Wildman–Crippen MR) is 105 cm³/mol. The monoisotopic (exact) mass is 376 g/mol. The van der Waals surface area contributed by atoms with E-state index in [-0.39, 0.29) is 11.7 Å². The van der Waals surface area contributed by atoms with Crippen molar-refractivity contribution in [2.24, 2.45) is 0 Å². The van der Waals surface area contributed by atoms with Gasteiger partial charge in [-0.3, -0.25) is 4.79 Å². The number of thioether (sulfide) groups is 2. The molecule has 0 spiro atoms. The summed E-state index contributed by atoms with van der Waals surface area (Å²) in [6, 6.07) is 14.6. The number of halogens is 1. The van der Waals surface area contributed by atoms with Crippen LogP contribution in [0.2, 0.25) is 0 Å². The molecule has 1 aliphatic rings. The van der Waals surface area contributed by atoms with Gasteiger partial charge >= 0.3 is 0 Å². The van der Waals surface area contributed by atoms with Gasteiger partial charge in [-0.2, -0.15) is 11.8 Å². The number of nitrogens with one attached hydrogen (secondary N) is 1. The van der Waals surface area contributed by atoms with Crippen LogP contribution in [0.1, 0.15) is 5.56 Å². The molecule has 3 nitrogen and oxygen atoms in total. The van der Waals surface area contributed by atoms with Crippen molar-refractivity contribution in [2.45, 2.75) is 11.4 Å². The van der Waals surface area contributed by atoms with Crippen molar-refractivity contribution in [1.82, 2.24) is 5.32 Å². The first-order valence-corrected chi connectivity index (χ1v) is 10.4. The van der Waals surface area contributed by atoms with Crippen LogP contribution in [0.15, 0.2) is 53.4 Å². The molecule has 2 aromatic carbocycles. The maximum absolute atomic E-state index is 12.8. The first-order valence-electron chi connectivity index (χ1n) is 8.27. The molecule has 6 heteroatoms. The zero-order valence-corrected chi connectivity index (χ0v) is 15.5. The largest absolute Gasteiger partial charge is 0.370 e. The highest BCUT2D eigenvalue weighted by Gasteiger charge is 2.11. The number of anilines is 1.